The Morgan fingerprint density at radius 3 is 2.62 bits per heavy atom. The molecule has 32 heavy (non-hydrogen) atoms. The van der Waals surface area contributed by atoms with Crippen molar-refractivity contribution in [2.45, 2.75) is 13.3 Å². The average molecular weight is 432 g/mol. The number of anilines is 1. The van der Waals surface area contributed by atoms with Crippen LogP contribution in [0.5, 0.6) is 5.75 Å². The molecule has 0 bridgehead atoms. The molecule has 0 radical (unpaired) electrons. The topological polar surface area (TPSA) is 59.9 Å². The van der Waals surface area contributed by atoms with Crippen molar-refractivity contribution in [3.05, 3.63) is 78.6 Å². The molecule has 5 nitrogen and oxygen atoms in total. The minimum absolute atomic E-state index is 0.261. The molecule has 0 aliphatic rings. The Bertz CT molecular complexity index is 1290. The molecule has 2 aromatic heterocycles. The van der Waals surface area contributed by atoms with Crippen LogP contribution >= 0.6 is 0 Å². The summed E-state index contributed by atoms with van der Waals surface area (Å²) in [7, 11) is 1.75. The molecule has 4 rings (SSSR count). The number of rotatable bonds is 7. The fraction of sp³-hybridized carbons (Fsp3) is 0.160. The lowest BCUT2D eigenvalue weighted by atomic mass is 10.0. The molecule has 0 unspecified atom stereocenters. The fourth-order valence-corrected chi connectivity index (χ4v) is 3.34. The molecule has 0 spiro atoms. The van der Waals surface area contributed by atoms with Gasteiger partial charge in [0.15, 0.2) is 5.82 Å². The normalized spacial score (nSPS) is 10.9. The smallest absolute Gasteiger partial charge is 0.163 e. The molecule has 7 heteroatoms. The molecule has 162 valence electrons. The predicted molar refractivity (Wildman–Crippen MR) is 123 cm³/mol. The Balaban J connectivity index is 1.93. The number of pyridine rings is 1. The summed E-state index contributed by atoms with van der Waals surface area (Å²) < 4.78 is 34.1. The van der Waals surface area contributed by atoms with E-state index in [2.05, 4.69) is 21.9 Å². The number of benzene rings is 2. The SMILES string of the molecule is C=C(C)CCOc1cc(-c2ccc(F)cc2F)cc2c(NC)nc(-c3cccnc3)nc12. The van der Waals surface area contributed by atoms with Gasteiger partial charge in [0, 0.05) is 48.4 Å². The molecular formula is C25H22F2N4O. The summed E-state index contributed by atoms with van der Waals surface area (Å²) in [6.07, 6.45) is 4.03. The zero-order chi connectivity index (χ0) is 22.7. The lowest BCUT2D eigenvalue weighted by Crippen LogP contribution is -2.03. The van der Waals surface area contributed by atoms with Gasteiger partial charge < -0.3 is 10.1 Å². The number of nitrogens with one attached hydrogen (secondary N) is 1. The summed E-state index contributed by atoms with van der Waals surface area (Å²) in [6, 6.07) is 10.7. The Morgan fingerprint density at radius 2 is 1.94 bits per heavy atom. The molecule has 0 amide bonds. The molecule has 1 N–H and O–H groups in total. The molecule has 0 aliphatic carbocycles. The fourth-order valence-electron chi connectivity index (χ4n) is 3.34. The summed E-state index contributed by atoms with van der Waals surface area (Å²) in [4.78, 5) is 13.5. The van der Waals surface area contributed by atoms with Crippen LogP contribution in [0.1, 0.15) is 13.3 Å². The van der Waals surface area contributed by atoms with E-state index in [1.807, 2.05) is 19.1 Å². The van der Waals surface area contributed by atoms with Gasteiger partial charge in [-0.15, -0.1) is 6.58 Å². The Morgan fingerprint density at radius 1 is 1.09 bits per heavy atom. The third kappa shape index (κ3) is 4.42. The molecule has 0 aliphatic heterocycles. The molecule has 2 aromatic carbocycles. The van der Waals surface area contributed by atoms with Crippen LogP contribution in [-0.2, 0) is 0 Å². The van der Waals surface area contributed by atoms with Crippen molar-refractivity contribution in [1.82, 2.24) is 15.0 Å². The van der Waals surface area contributed by atoms with Crippen molar-refractivity contribution in [1.29, 1.82) is 0 Å². The van der Waals surface area contributed by atoms with Gasteiger partial charge in [0.25, 0.3) is 0 Å². The first kappa shape index (κ1) is 21.4. The van der Waals surface area contributed by atoms with E-state index in [0.29, 0.717) is 46.9 Å². The highest BCUT2D eigenvalue weighted by molar-refractivity contribution is 5.97. The van der Waals surface area contributed by atoms with Crippen LogP contribution in [0, 0.1) is 11.6 Å². The van der Waals surface area contributed by atoms with E-state index in [1.54, 1.807) is 31.6 Å². The highest BCUT2D eigenvalue weighted by atomic mass is 19.1. The third-order valence-corrected chi connectivity index (χ3v) is 4.95. The van der Waals surface area contributed by atoms with E-state index in [0.717, 1.165) is 17.2 Å². The Kier molecular flexibility index (Phi) is 6.07. The summed E-state index contributed by atoms with van der Waals surface area (Å²) in [5.74, 6) is 0.233. The number of nitrogens with zero attached hydrogens (tertiary/aromatic N) is 3. The van der Waals surface area contributed by atoms with Crippen molar-refractivity contribution in [2.24, 2.45) is 0 Å². The second-order valence-electron chi connectivity index (χ2n) is 7.44. The van der Waals surface area contributed by atoms with Crippen molar-refractivity contribution in [3.8, 4) is 28.3 Å². The maximum atomic E-state index is 14.5. The second kappa shape index (κ2) is 9.09. The molecule has 2 heterocycles. The summed E-state index contributed by atoms with van der Waals surface area (Å²) >= 11 is 0. The average Bonchev–Trinajstić information content (AvgIpc) is 2.78. The van der Waals surface area contributed by atoms with Gasteiger partial charge in [-0.2, -0.15) is 0 Å². The first-order valence-electron chi connectivity index (χ1n) is 10.1. The molecular weight excluding hydrogens is 410 g/mol. The number of ether oxygens (including phenoxy) is 1. The molecule has 0 saturated heterocycles. The van der Waals surface area contributed by atoms with E-state index in [9.17, 15) is 8.78 Å². The first-order chi connectivity index (χ1) is 15.5. The van der Waals surface area contributed by atoms with E-state index in [1.165, 1.54) is 12.1 Å². The highest BCUT2D eigenvalue weighted by Crippen LogP contribution is 2.37. The van der Waals surface area contributed by atoms with Crippen molar-refractivity contribution in [2.75, 3.05) is 19.0 Å². The number of aromatic nitrogens is 3. The lowest BCUT2D eigenvalue weighted by Gasteiger charge is -2.15. The van der Waals surface area contributed by atoms with Gasteiger partial charge in [-0.1, -0.05) is 5.57 Å². The van der Waals surface area contributed by atoms with Gasteiger partial charge in [-0.05, 0) is 48.9 Å². The van der Waals surface area contributed by atoms with Crippen LogP contribution in [0.3, 0.4) is 0 Å². The lowest BCUT2D eigenvalue weighted by molar-refractivity contribution is 0.325. The van der Waals surface area contributed by atoms with Gasteiger partial charge in [0.2, 0.25) is 0 Å². The van der Waals surface area contributed by atoms with Crippen LogP contribution in [0.2, 0.25) is 0 Å². The predicted octanol–water partition coefficient (Wildman–Crippen LogP) is 6.02. The van der Waals surface area contributed by atoms with Crippen LogP contribution in [0.4, 0.5) is 14.6 Å². The monoisotopic (exact) mass is 432 g/mol. The van der Waals surface area contributed by atoms with Gasteiger partial charge in [0.1, 0.15) is 28.7 Å². The number of hydrogen-bond donors (Lipinski definition) is 1. The van der Waals surface area contributed by atoms with E-state index < -0.39 is 11.6 Å². The van der Waals surface area contributed by atoms with Crippen molar-refractivity contribution >= 4 is 16.7 Å². The second-order valence-corrected chi connectivity index (χ2v) is 7.44. The number of fused-ring (bicyclic) bond motifs is 1. The molecule has 0 atom stereocenters. The summed E-state index contributed by atoms with van der Waals surface area (Å²) in [6.45, 7) is 6.22. The molecule has 0 fully saturated rings. The Labute approximate surface area is 184 Å². The third-order valence-electron chi connectivity index (χ3n) is 4.95. The van der Waals surface area contributed by atoms with Crippen LogP contribution in [0.25, 0.3) is 33.4 Å². The maximum absolute atomic E-state index is 14.5. The zero-order valence-electron chi connectivity index (χ0n) is 17.8. The summed E-state index contributed by atoms with van der Waals surface area (Å²) in [5, 5.41) is 3.75. The van der Waals surface area contributed by atoms with E-state index in [-0.39, 0.29) is 5.56 Å². The first-order valence-corrected chi connectivity index (χ1v) is 10.1. The van der Waals surface area contributed by atoms with E-state index in [4.69, 9.17) is 9.72 Å². The largest absolute Gasteiger partial charge is 0.491 e. The number of halogens is 2. The van der Waals surface area contributed by atoms with Crippen LogP contribution < -0.4 is 10.1 Å². The van der Waals surface area contributed by atoms with Gasteiger partial charge in [0.05, 0.1) is 6.61 Å². The minimum Gasteiger partial charge on any atom is -0.491 e. The Hall–Kier alpha value is -3.87. The van der Waals surface area contributed by atoms with Crippen LogP contribution in [-0.4, -0.2) is 28.6 Å². The maximum Gasteiger partial charge on any atom is 0.163 e. The molecule has 0 saturated carbocycles. The van der Waals surface area contributed by atoms with Crippen LogP contribution in [0.15, 0.2) is 67.0 Å². The minimum atomic E-state index is -0.656. The molecule has 4 aromatic rings. The van der Waals surface area contributed by atoms with Crippen molar-refractivity contribution in [3.63, 3.8) is 0 Å². The van der Waals surface area contributed by atoms with Crippen molar-refractivity contribution < 1.29 is 13.5 Å². The van der Waals surface area contributed by atoms with E-state index >= 15 is 0 Å². The highest BCUT2D eigenvalue weighted by Gasteiger charge is 2.17. The quantitative estimate of drug-likeness (QED) is 0.362. The van der Waals surface area contributed by atoms with Gasteiger partial charge >= 0.3 is 0 Å². The zero-order valence-corrected chi connectivity index (χ0v) is 17.8. The van der Waals surface area contributed by atoms with Gasteiger partial charge in [-0.25, -0.2) is 18.7 Å². The summed E-state index contributed by atoms with van der Waals surface area (Å²) in [5.41, 5.74) is 3.12. The standard InChI is InChI=1S/C25H22F2N4O/c1-15(2)8-10-32-22-12-17(19-7-6-18(26)13-21(19)27)11-20-23(22)30-24(31-25(20)28-3)16-5-4-9-29-14-16/h4-7,9,11-14H,1,8,10H2,2-3H3,(H,28,30,31). The number of hydrogen-bond acceptors (Lipinski definition) is 5. The van der Waals surface area contributed by atoms with Gasteiger partial charge in [-0.3, -0.25) is 4.98 Å².